The summed E-state index contributed by atoms with van der Waals surface area (Å²) in [7, 11) is 0. The van der Waals surface area contributed by atoms with E-state index < -0.39 is 11.6 Å². The van der Waals surface area contributed by atoms with Crippen molar-refractivity contribution in [2.75, 3.05) is 10.6 Å². The van der Waals surface area contributed by atoms with E-state index in [9.17, 15) is 8.78 Å². The van der Waals surface area contributed by atoms with Crippen molar-refractivity contribution >= 4 is 39.1 Å². The fourth-order valence-corrected chi connectivity index (χ4v) is 2.21. The van der Waals surface area contributed by atoms with Gasteiger partial charge >= 0.3 is 0 Å². The van der Waals surface area contributed by atoms with Crippen LogP contribution in [0.2, 0.25) is 0 Å². The molecule has 0 fully saturated rings. The van der Waals surface area contributed by atoms with Crippen LogP contribution in [0.25, 0.3) is 0 Å². The Balaban J connectivity index is 1.79. The number of halogens is 3. The van der Waals surface area contributed by atoms with Crippen LogP contribution in [0.1, 0.15) is 0 Å². The van der Waals surface area contributed by atoms with Gasteiger partial charge in [-0.05, 0) is 40.2 Å². The third-order valence-electron chi connectivity index (χ3n) is 2.87. The first-order valence-corrected chi connectivity index (χ1v) is 7.34. The third-order valence-corrected chi connectivity index (χ3v) is 3.56. The van der Waals surface area contributed by atoms with Crippen LogP contribution in [0, 0.1) is 11.6 Å². The minimum atomic E-state index is -0.941. The van der Waals surface area contributed by atoms with Gasteiger partial charge in [0.15, 0.2) is 17.5 Å². The summed E-state index contributed by atoms with van der Waals surface area (Å²) in [5.74, 6) is -1.23. The normalized spacial score (nSPS) is 10.4. The second-order valence-corrected chi connectivity index (χ2v) is 5.38. The molecule has 0 bridgehead atoms. The summed E-state index contributed by atoms with van der Waals surface area (Å²) < 4.78 is 27.0. The highest BCUT2D eigenvalue weighted by molar-refractivity contribution is 9.10. The molecule has 0 atom stereocenters. The Labute approximate surface area is 138 Å². The fourth-order valence-electron chi connectivity index (χ4n) is 1.82. The molecule has 2 N–H and O–H groups in total. The minimum Gasteiger partial charge on any atom is -0.339 e. The molecule has 3 rings (SSSR count). The highest BCUT2D eigenvalue weighted by Crippen LogP contribution is 2.24. The molecule has 5 nitrogen and oxygen atoms in total. The molecule has 2 aromatic carbocycles. The molecule has 0 amide bonds. The lowest BCUT2D eigenvalue weighted by Gasteiger charge is -2.09. The number of anilines is 4. The lowest BCUT2D eigenvalue weighted by Crippen LogP contribution is -2.03. The van der Waals surface area contributed by atoms with Gasteiger partial charge in [-0.25, -0.2) is 8.78 Å². The second-order valence-electron chi connectivity index (χ2n) is 4.52. The molecular formula is C15H10BrF2N5. The smallest absolute Gasteiger partial charge is 0.249 e. The molecule has 8 heteroatoms. The molecule has 23 heavy (non-hydrogen) atoms. The van der Waals surface area contributed by atoms with Gasteiger partial charge in [0.05, 0.1) is 11.9 Å². The number of rotatable bonds is 4. The maximum atomic E-state index is 13.2. The van der Waals surface area contributed by atoms with Gasteiger partial charge in [-0.15, -0.1) is 5.10 Å². The Hall–Kier alpha value is -2.61. The van der Waals surface area contributed by atoms with E-state index in [0.29, 0.717) is 11.5 Å². The molecule has 1 heterocycles. The second kappa shape index (κ2) is 6.66. The Kier molecular flexibility index (Phi) is 4.42. The molecule has 0 aliphatic heterocycles. The highest BCUT2D eigenvalue weighted by atomic mass is 79.9. The Morgan fingerprint density at radius 1 is 0.957 bits per heavy atom. The zero-order valence-electron chi connectivity index (χ0n) is 11.6. The van der Waals surface area contributed by atoms with Crippen LogP contribution in [0.15, 0.2) is 53.1 Å². The monoisotopic (exact) mass is 377 g/mol. The van der Waals surface area contributed by atoms with E-state index in [1.54, 1.807) is 0 Å². The molecule has 0 spiro atoms. The van der Waals surface area contributed by atoms with Gasteiger partial charge in [0.1, 0.15) is 0 Å². The Morgan fingerprint density at radius 3 is 2.57 bits per heavy atom. The first kappa shape index (κ1) is 15.3. The SMILES string of the molecule is Fc1ccc(Nc2cnnc(Nc3ccccc3Br)n2)cc1F. The summed E-state index contributed by atoms with van der Waals surface area (Å²) in [5, 5.41) is 13.6. The van der Waals surface area contributed by atoms with Gasteiger partial charge in [-0.2, -0.15) is 10.1 Å². The quantitative estimate of drug-likeness (QED) is 0.705. The van der Waals surface area contributed by atoms with Crippen molar-refractivity contribution in [1.29, 1.82) is 0 Å². The van der Waals surface area contributed by atoms with Gasteiger partial charge in [0, 0.05) is 16.2 Å². The summed E-state index contributed by atoms with van der Waals surface area (Å²) in [6.07, 6.45) is 1.38. The number of hydrogen-bond donors (Lipinski definition) is 2. The zero-order chi connectivity index (χ0) is 16.2. The maximum absolute atomic E-state index is 13.2. The van der Waals surface area contributed by atoms with Gasteiger partial charge in [0.25, 0.3) is 0 Å². The van der Waals surface area contributed by atoms with E-state index in [1.165, 1.54) is 12.3 Å². The molecule has 0 aliphatic carbocycles. The summed E-state index contributed by atoms with van der Waals surface area (Å²) in [4.78, 5) is 4.22. The summed E-state index contributed by atoms with van der Waals surface area (Å²) in [6, 6.07) is 11.0. The van der Waals surface area contributed by atoms with E-state index in [-0.39, 0.29) is 5.95 Å². The zero-order valence-corrected chi connectivity index (χ0v) is 13.2. The number of hydrogen-bond acceptors (Lipinski definition) is 5. The molecule has 0 unspecified atom stereocenters. The molecule has 0 saturated carbocycles. The van der Waals surface area contributed by atoms with Crippen molar-refractivity contribution < 1.29 is 8.78 Å². The molecule has 0 aliphatic rings. The van der Waals surface area contributed by atoms with Crippen LogP contribution in [-0.4, -0.2) is 15.2 Å². The van der Waals surface area contributed by atoms with Crippen LogP contribution in [0.4, 0.5) is 31.9 Å². The van der Waals surface area contributed by atoms with Crippen molar-refractivity contribution in [1.82, 2.24) is 15.2 Å². The van der Waals surface area contributed by atoms with Crippen molar-refractivity contribution in [3.05, 3.63) is 64.8 Å². The third kappa shape index (κ3) is 3.78. The van der Waals surface area contributed by atoms with E-state index in [4.69, 9.17) is 0 Å². The largest absolute Gasteiger partial charge is 0.339 e. The van der Waals surface area contributed by atoms with Crippen molar-refractivity contribution in [2.45, 2.75) is 0 Å². The topological polar surface area (TPSA) is 62.7 Å². The number of nitrogens with one attached hydrogen (secondary N) is 2. The standard InChI is InChI=1S/C15H10BrF2N5/c16-10-3-1-2-4-13(10)21-15-22-14(8-19-23-15)20-9-5-6-11(17)12(18)7-9/h1-8H,(H2,20,21,22,23). The number of benzene rings is 2. The van der Waals surface area contributed by atoms with Gasteiger partial charge in [-0.3, -0.25) is 0 Å². The predicted octanol–water partition coefficient (Wildman–Crippen LogP) is 4.40. The van der Waals surface area contributed by atoms with Crippen LogP contribution < -0.4 is 10.6 Å². The highest BCUT2D eigenvalue weighted by Gasteiger charge is 2.06. The van der Waals surface area contributed by atoms with Crippen LogP contribution in [-0.2, 0) is 0 Å². The molecule has 3 aromatic rings. The fraction of sp³-hybridized carbons (Fsp3) is 0. The first-order valence-electron chi connectivity index (χ1n) is 6.55. The van der Waals surface area contributed by atoms with Gasteiger partial charge in [0.2, 0.25) is 5.95 Å². The predicted molar refractivity (Wildman–Crippen MR) is 86.9 cm³/mol. The minimum absolute atomic E-state index is 0.268. The number of nitrogens with zero attached hydrogens (tertiary/aromatic N) is 3. The van der Waals surface area contributed by atoms with Gasteiger partial charge in [-0.1, -0.05) is 12.1 Å². The molecular weight excluding hydrogens is 368 g/mol. The Bertz CT molecular complexity index is 844. The van der Waals surface area contributed by atoms with Crippen LogP contribution in [0.5, 0.6) is 0 Å². The summed E-state index contributed by atoms with van der Waals surface area (Å²) in [5.41, 5.74) is 1.13. The average Bonchev–Trinajstić information content (AvgIpc) is 2.54. The van der Waals surface area contributed by atoms with Crippen molar-refractivity contribution in [3.63, 3.8) is 0 Å². The summed E-state index contributed by atoms with van der Waals surface area (Å²) in [6.45, 7) is 0. The van der Waals surface area contributed by atoms with E-state index in [1.807, 2.05) is 24.3 Å². The average molecular weight is 378 g/mol. The van der Waals surface area contributed by atoms with E-state index >= 15 is 0 Å². The van der Waals surface area contributed by atoms with Gasteiger partial charge < -0.3 is 10.6 Å². The lowest BCUT2D eigenvalue weighted by atomic mass is 10.3. The van der Waals surface area contributed by atoms with Crippen molar-refractivity contribution in [3.8, 4) is 0 Å². The van der Waals surface area contributed by atoms with Crippen LogP contribution >= 0.6 is 15.9 Å². The maximum Gasteiger partial charge on any atom is 0.249 e. The van der Waals surface area contributed by atoms with E-state index in [2.05, 4.69) is 41.7 Å². The van der Waals surface area contributed by atoms with Crippen LogP contribution in [0.3, 0.4) is 0 Å². The molecule has 116 valence electrons. The molecule has 0 radical (unpaired) electrons. The van der Waals surface area contributed by atoms with E-state index in [0.717, 1.165) is 22.3 Å². The molecule has 1 aromatic heterocycles. The Morgan fingerprint density at radius 2 is 1.78 bits per heavy atom. The summed E-state index contributed by atoms with van der Waals surface area (Å²) >= 11 is 3.41. The number of aromatic nitrogens is 3. The molecule has 0 saturated heterocycles. The lowest BCUT2D eigenvalue weighted by molar-refractivity contribution is 0.509. The first-order chi connectivity index (χ1) is 11.1. The van der Waals surface area contributed by atoms with Crippen molar-refractivity contribution in [2.24, 2.45) is 0 Å². The number of para-hydroxylation sites is 1.